The molecule has 4 aromatic rings. The van der Waals surface area contributed by atoms with Crippen molar-refractivity contribution >= 4 is 46.1 Å². The van der Waals surface area contributed by atoms with Gasteiger partial charge in [0.15, 0.2) is 5.78 Å². The second-order valence-corrected chi connectivity index (χ2v) is 9.26. The van der Waals surface area contributed by atoms with E-state index in [1.54, 1.807) is 54.6 Å². The van der Waals surface area contributed by atoms with Crippen molar-refractivity contribution < 1.29 is 28.3 Å². The number of carbonyl (C=O) groups is 4. The Balaban J connectivity index is 1.13. The van der Waals surface area contributed by atoms with E-state index in [9.17, 15) is 19.2 Å². The number of H-pyrrole nitrogens is 1. The van der Waals surface area contributed by atoms with Gasteiger partial charge in [0.25, 0.3) is 0 Å². The van der Waals surface area contributed by atoms with Crippen molar-refractivity contribution in [3.05, 3.63) is 72.0 Å². The molecular weight excluding hydrogens is 519 g/mol. The van der Waals surface area contributed by atoms with Crippen LogP contribution in [-0.4, -0.2) is 58.3 Å². The van der Waals surface area contributed by atoms with E-state index in [2.05, 4.69) is 26.0 Å². The highest BCUT2D eigenvalue weighted by molar-refractivity contribution is 5.99. The Morgan fingerprint density at radius 1 is 1.05 bits per heavy atom. The first-order valence-corrected chi connectivity index (χ1v) is 12.5. The predicted octanol–water partition coefficient (Wildman–Crippen LogP) is 3.83. The molecule has 0 unspecified atom stereocenters. The summed E-state index contributed by atoms with van der Waals surface area (Å²) in [6, 6.07) is 16.1. The molecule has 1 atom stereocenters. The maximum absolute atomic E-state index is 15.1. The minimum Gasteiger partial charge on any atom is -0.442 e. The average molecular weight is 545 g/mol. The summed E-state index contributed by atoms with van der Waals surface area (Å²) in [5.41, 5.74) is 3.35. The number of ether oxygens (including phenoxy) is 1. The molecule has 5 rings (SSSR count). The van der Waals surface area contributed by atoms with E-state index in [0.717, 1.165) is 0 Å². The fraction of sp³-hybridized carbons (Fsp3) is 0.214. The Bertz CT molecular complexity index is 1600. The van der Waals surface area contributed by atoms with Crippen LogP contribution in [0.2, 0.25) is 0 Å². The zero-order chi connectivity index (χ0) is 28.2. The summed E-state index contributed by atoms with van der Waals surface area (Å²) in [6.45, 7) is 1.56. The van der Waals surface area contributed by atoms with Crippen LogP contribution in [0.25, 0.3) is 22.2 Å². The van der Waals surface area contributed by atoms with Crippen molar-refractivity contribution in [2.24, 2.45) is 0 Å². The first-order valence-electron chi connectivity index (χ1n) is 12.5. The summed E-state index contributed by atoms with van der Waals surface area (Å²) in [4.78, 5) is 49.6. The van der Waals surface area contributed by atoms with Crippen LogP contribution in [0.3, 0.4) is 0 Å². The third-order valence-electron chi connectivity index (χ3n) is 6.41. The number of halogens is 1. The summed E-state index contributed by atoms with van der Waals surface area (Å²) in [5, 5.41) is 15.9. The van der Waals surface area contributed by atoms with Gasteiger partial charge in [0.2, 0.25) is 11.8 Å². The molecule has 1 aromatic heterocycles. The number of hydrogen-bond acceptors (Lipinski definition) is 7. The predicted molar refractivity (Wildman–Crippen MR) is 144 cm³/mol. The molecule has 1 fully saturated rings. The Labute approximate surface area is 227 Å². The van der Waals surface area contributed by atoms with Crippen LogP contribution in [0.1, 0.15) is 30.1 Å². The zero-order valence-corrected chi connectivity index (χ0v) is 21.4. The molecule has 0 saturated carbocycles. The van der Waals surface area contributed by atoms with Crippen molar-refractivity contribution in [1.29, 1.82) is 0 Å². The summed E-state index contributed by atoms with van der Waals surface area (Å²) in [7, 11) is 0. The third-order valence-corrected chi connectivity index (χ3v) is 6.41. The van der Waals surface area contributed by atoms with Crippen LogP contribution in [0.4, 0.5) is 20.6 Å². The number of ketones is 1. The largest absolute Gasteiger partial charge is 0.442 e. The molecule has 0 radical (unpaired) electrons. The quantitative estimate of drug-likeness (QED) is 0.272. The van der Waals surface area contributed by atoms with Crippen molar-refractivity contribution in [3.63, 3.8) is 0 Å². The molecule has 3 N–H and O–H groups in total. The van der Waals surface area contributed by atoms with Gasteiger partial charge in [-0.3, -0.25) is 19.3 Å². The summed E-state index contributed by atoms with van der Waals surface area (Å²) >= 11 is 0. The van der Waals surface area contributed by atoms with Crippen LogP contribution >= 0.6 is 0 Å². The third kappa shape index (κ3) is 5.80. The standard InChI is InChI=1S/C28H25FN6O5/c1-16(36)31-18-7-5-17(6-8-18)25(37)11-12-26(38)30-14-20-15-35(28(39)40-20)19-9-10-21(23(29)13-19)22-3-2-4-24-27(22)33-34-32-24/h2-10,13,20H,11-12,14-15H2,1H3,(H,30,38)(H,31,36)(H,32,33,34)/t20-/m0/s1. The molecule has 0 aliphatic carbocycles. The molecule has 1 saturated heterocycles. The van der Waals surface area contributed by atoms with Crippen molar-refractivity contribution in [2.45, 2.75) is 25.9 Å². The van der Waals surface area contributed by atoms with E-state index in [0.29, 0.717) is 39.1 Å². The van der Waals surface area contributed by atoms with E-state index in [1.807, 2.05) is 0 Å². The number of aromatic nitrogens is 3. The lowest BCUT2D eigenvalue weighted by Gasteiger charge is -2.15. The minimum absolute atomic E-state index is 0.00438. The Morgan fingerprint density at radius 2 is 1.85 bits per heavy atom. The van der Waals surface area contributed by atoms with E-state index < -0.39 is 18.0 Å². The molecule has 204 valence electrons. The molecule has 11 nitrogen and oxygen atoms in total. The van der Waals surface area contributed by atoms with E-state index >= 15 is 4.39 Å². The van der Waals surface area contributed by atoms with Gasteiger partial charge in [-0.2, -0.15) is 15.4 Å². The van der Waals surface area contributed by atoms with Crippen LogP contribution in [-0.2, 0) is 14.3 Å². The summed E-state index contributed by atoms with van der Waals surface area (Å²) in [6.07, 6.45) is -1.33. The lowest BCUT2D eigenvalue weighted by atomic mass is 10.0. The van der Waals surface area contributed by atoms with Gasteiger partial charge in [-0.05, 0) is 48.5 Å². The molecular formula is C28H25FN6O5. The van der Waals surface area contributed by atoms with Crippen molar-refractivity contribution in [1.82, 2.24) is 20.7 Å². The number of Topliss-reactive ketones (excluding diaryl/α,β-unsaturated/α-hetero) is 1. The number of aromatic amines is 1. The molecule has 0 bridgehead atoms. The second-order valence-electron chi connectivity index (χ2n) is 9.26. The van der Waals surface area contributed by atoms with E-state index in [-0.39, 0.29) is 43.5 Å². The number of anilines is 2. The van der Waals surface area contributed by atoms with Gasteiger partial charge in [0.05, 0.1) is 18.8 Å². The van der Waals surface area contributed by atoms with Gasteiger partial charge < -0.3 is 15.4 Å². The summed E-state index contributed by atoms with van der Waals surface area (Å²) < 4.78 is 20.5. The maximum atomic E-state index is 15.1. The van der Waals surface area contributed by atoms with Gasteiger partial charge in [-0.15, -0.1) is 0 Å². The van der Waals surface area contributed by atoms with Gasteiger partial charge in [0.1, 0.15) is 23.0 Å². The van der Waals surface area contributed by atoms with Crippen LogP contribution < -0.4 is 15.5 Å². The fourth-order valence-electron chi connectivity index (χ4n) is 4.44. The van der Waals surface area contributed by atoms with Gasteiger partial charge in [0, 0.05) is 42.1 Å². The highest BCUT2D eigenvalue weighted by atomic mass is 19.1. The molecule has 3 amide bonds. The molecule has 3 aromatic carbocycles. The number of para-hydroxylation sites is 1. The van der Waals surface area contributed by atoms with Crippen LogP contribution in [0, 0.1) is 5.82 Å². The second kappa shape index (κ2) is 11.3. The maximum Gasteiger partial charge on any atom is 0.414 e. The number of amides is 3. The lowest BCUT2D eigenvalue weighted by Crippen LogP contribution is -2.34. The number of cyclic esters (lactones) is 1. The van der Waals surface area contributed by atoms with E-state index in [1.165, 1.54) is 17.9 Å². The highest BCUT2D eigenvalue weighted by Crippen LogP contribution is 2.32. The number of nitrogens with zero attached hydrogens (tertiary/aromatic N) is 3. The smallest absolute Gasteiger partial charge is 0.414 e. The average Bonchev–Trinajstić information content (AvgIpc) is 3.57. The van der Waals surface area contributed by atoms with Crippen molar-refractivity contribution in [2.75, 3.05) is 23.3 Å². The van der Waals surface area contributed by atoms with Crippen LogP contribution in [0.5, 0.6) is 0 Å². The topological polar surface area (TPSA) is 146 Å². The highest BCUT2D eigenvalue weighted by Gasteiger charge is 2.33. The summed E-state index contributed by atoms with van der Waals surface area (Å²) in [5.74, 6) is -1.33. The van der Waals surface area contributed by atoms with Crippen LogP contribution in [0.15, 0.2) is 60.7 Å². The van der Waals surface area contributed by atoms with Crippen molar-refractivity contribution in [3.8, 4) is 11.1 Å². The minimum atomic E-state index is -0.650. The number of rotatable bonds is 9. The molecule has 1 aliphatic heterocycles. The number of hydrogen-bond donors (Lipinski definition) is 3. The van der Waals surface area contributed by atoms with E-state index in [4.69, 9.17) is 4.74 Å². The number of carbonyl (C=O) groups excluding carboxylic acids is 4. The monoisotopic (exact) mass is 544 g/mol. The Hall–Kier alpha value is -5.13. The normalized spacial score (nSPS) is 14.7. The molecule has 12 heteroatoms. The number of benzene rings is 3. The molecule has 40 heavy (non-hydrogen) atoms. The first kappa shape index (κ1) is 26.5. The lowest BCUT2D eigenvalue weighted by molar-refractivity contribution is -0.121. The zero-order valence-electron chi connectivity index (χ0n) is 21.4. The molecule has 0 spiro atoms. The Kier molecular flexibility index (Phi) is 7.49. The number of fused-ring (bicyclic) bond motifs is 1. The Morgan fingerprint density at radius 3 is 2.60 bits per heavy atom. The first-order chi connectivity index (χ1) is 19.3. The van der Waals surface area contributed by atoms with Gasteiger partial charge >= 0.3 is 6.09 Å². The van der Waals surface area contributed by atoms with Gasteiger partial charge in [-0.25, -0.2) is 9.18 Å². The number of nitrogens with one attached hydrogen (secondary N) is 3. The molecule has 2 heterocycles. The van der Waals surface area contributed by atoms with Gasteiger partial charge in [-0.1, -0.05) is 12.1 Å². The SMILES string of the molecule is CC(=O)Nc1ccc(C(=O)CCC(=O)NC[C@H]2CN(c3ccc(-c4cccc5n[nH]nc45)c(F)c3)C(=O)O2)cc1. The molecule has 1 aliphatic rings. The fourth-order valence-corrected chi connectivity index (χ4v) is 4.44.